The molecule has 1 aromatic heterocycles. The molecule has 0 aliphatic rings. The molecule has 0 unspecified atom stereocenters. The zero-order valence-corrected chi connectivity index (χ0v) is 9.09. The van der Waals surface area contributed by atoms with Gasteiger partial charge in [-0.25, -0.2) is 4.98 Å². The Morgan fingerprint density at radius 3 is 2.44 bits per heavy atom. The van der Waals surface area contributed by atoms with Gasteiger partial charge in [-0.05, 0) is 17.2 Å². The van der Waals surface area contributed by atoms with Crippen LogP contribution in [0.15, 0.2) is 42.6 Å². The summed E-state index contributed by atoms with van der Waals surface area (Å²) >= 11 is 5.80. The lowest BCUT2D eigenvalue weighted by atomic mass is 9.77. The molecular weight excluding hydrogens is 224 g/mol. The summed E-state index contributed by atoms with van der Waals surface area (Å²) in [6, 6.07) is 11.0. The molecular formula is C11H9BClNO2. The van der Waals surface area contributed by atoms with Crippen LogP contribution >= 0.6 is 11.6 Å². The molecule has 0 saturated carbocycles. The van der Waals surface area contributed by atoms with Gasteiger partial charge in [0.05, 0.1) is 0 Å². The van der Waals surface area contributed by atoms with Crippen molar-refractivity contribution in [3.63, 3.8) is 0 Å². The molecule has 80 valence electrons. The largest absolute Gasteiger partial charge is 0.490 e. The van der Waals surface area contributed by atoms with Crippen molar-refractivity contribution in [2.45, 2.75) is 0 Å². The number of hydrogen-bond acceptors (Lipinski definition) is 3. The number of benzene rings is 1. The first-order valence-corrected chi connectivity index (χ1v) is 5.13. The quantitative estimate of drug-likeness (QED) is 0.603. The first-order valence-electron chi connectivity index (χ1n) is 4.75. The summed E-state index contributed by atoms with van der Waals surface area (Å²) in [7, 11) is -1.56. The second-order valence-corrected chi connectivity index (χ2v) is 3.72. The van der Waals surface area contributed by atoms with Crippen molar-refractivity contribution in [1.82, 2.24) is 4.98 Å². The second-order valence-electron chi connectivity index (χ2n) is 3.33. The van der Waals surface area contributed by atoms with Crippen LogP contribution in [0.1, 0.15) is 0 Å². The molecule has 0 amide bonds. The highest BCUT2D eigenvalue weighted by molar-refractivity contribution is 6.60. The minimum absolute atomic E-state index is 0.322. The molecule has 5 heteroatoms. The van der Waals surface area contributed by atoms with Crippen molar-refractivity contribution in [3.05, 3.63) is 47.7 Å². The minimum Gasteiger partial charge on any atom is -0.423 e. The van der Waals surface area contributed by atoms with Crippen molar-refractivity contribution in [1.29, 1.82) is 0 Å². The van der Waals surface area contributed by atoms with Crippen LogP contribution in [0.3, 0.4) is 0 Å². The Labute approximate surface area is 98.5 Å². The van der Waals surface area contributed by atoms with Gasteiger partial charge >= 0.3 is 7.12 Å². The van der Waals surface area contributed by atoms with Gasteiger partial charge in [-0.1, -0.05) is 41.9 Å². The average Bonchev–Trinajstić information content (AvgIpc) is 2.29. The normalized spacial score (nSPS) is 10.2. The molecule has 2 aromatic rings. The van der Waals surface area contributed by atoms with E-state index in [1.54, 1.807) is 6.07 Å². The van der Waals surface area contributed by atoms with Crippen LogP contribution < -0.4 is 5.46 Å². The SMILES string of the molecule is OB(O)c1cnc(Cl)cc1-c1ccccc1. The van der Waals surface area contributed by atoms with E-state index >= 15 is 0 Å². The van der Waals surface area contributed by atoms with Crippen molar-refractivity contribution in [2.24, 2.45) is 0 Å². The van der Waals surface area contributed by atoms with Crippen molar-refractivity contribution in [3.8, 4) is 11.1 Å². The van der Waals surface area contributed by atoms with Gasteiger partial charge in [0.25, 0.3) is 0 Å². The topological polar surface area (TPSA) is 53.4 Å². The lowest BCUT2D eigenvalue weighted by molar-refractivity contribution is 0.426. The number of hydrogen-bond donors (Lipinski definition) is 2. The van der Waals surface area contributed by atoms with Crippen LogP contribution in [0, 0.1) is 0 Å². The van der Waals surface area contributed by atoms with Crippen molar-refractivity contribution >= 4 is 24.2 Å². The first kappa shape index (κ1) is 11.1. The molecule has 0 bridgehead atoms. The summed E-state index contributed by atoms with van der Waals surface area (Å²) in [5, 5.41) is 18.8. The van der Waals surface area contributed by atoms with E-state index in [9.17, 15) is 10.0 Å². The fraction of sp³-hybridized carbons (Fsp3) is 0. The predicted molar refractivity (Wildman–Crippen MR) is 64.5 cm³/mol. The van der Waals surface area contributed by atoms with E-state index in [-0.39, 0.29) is 0 Å². The van der Waals surface area contributed by atoms with E-state index in [1.165, 1.54) is 6.20 Å². The van der Waals surface area contributed by atoms with Crippen molar-refractivity contribution in [2.75, 3.05) is 0 Å². The van der Waals surface area contributed by atoms with E-state index in [1.807, 2.05) is 30.3 Å². The van der Waals surface area contributed by atoms with Crippen LogP contribution in [-0.2, 0) is 0 Å². The molecule has 1 aromatic carbocycles. The van der Waals surface area contributed by atoms with Gasteiger partial charge in [0, 0.05) is 11.7 Å². The molecule has 2 rings (SSSR count). The average molecular weight is 233 g/mol. The maximum absolute atomic E-state index is 9.23. The maximum Gasteiger partial charge on any atom is 0.490 e. The van der Waals surface area contributed by atoms with Crippen LogP contribution in [-0.4, -0.2) is 22.2 Å². The molecule has 0 aliphatic carbocycles. The summed E-state index contributed by atoms with van der Waals surface area (Å²) in [6.07, 6.45) is 1.37. The first-order chi connectivity index (χ1) is 7.68. The Hall–Kier alpha value is -1.36. The summed E-state index contributed by atoms with van der Waals surface area (Å²) < 4.78 is 0. The molecule has 16 heavy (non-hydrogen) atoms. The molecule has 3 nitrogen and oxygen atoms in total. The molecule has 0 spiro atoms. The highest BCUT2D eigenvalue weighted by Gasteiger charge is 2.17. The number of nitrogens with zero attached hydrogens (tertiary/aromatic N) is 1. The third-order valence-electron chi connectivity index (χ3n) is 2.26. The fourth-order valence-electron chi connectivity index (χ4n) is 1.51. The maximum atomic E-state index is 9.23. The Balaban J connectivity index is 2.58. The van der Waals surface area contributed by atoms with Gasteiger partial charge in [-0.2, -0.15) is 0 Å². The van der Waals surface area contributed by atoms with Crippen molar-refractivity contribution < 1.29 is 10.0 Å². The number of rotatable bonds is 2. The van der Waals surface area contributed by atoms with Crippen LogP contribution in [0.5, 0.6) is 0 Å². The van der Waals surface area contributed by atoms with Gasteiger partial charge < -0.3 is 10.0 Å². The smallest absolute Gasteiger partial charge is 0.423 e. The molecule has 0 fully saturated rings. The Bertz CT molecular complexity index is 491. The highest BCUT2D eigenvalue weighted by atomic mass is 35.5. The van der Waals surface area contributed by atoms with E-state index in [2.05, 4.69) is 4.98 Å². The molecule has 0 atom stereocenters. The zero-order chi connectivity index (χ0) is 11.5. The molecule has 0 radical (unpaired) electrons. The standard InChI is InChI=1S/C11H9BClNO2/c13-11-6-9(8-4-2-1-3-5-8)10(7-14-11)12(15)16/h1-7,15-16H. The van der Waals surface area contributed by atoms with Gasteiger partial charge in [0.15, 0.2) is 0 Å². The minimum atomic E-state index is -1.56. The van der Waals surface area contributed by atoms with Crippen LogP contribution in [0.25, 0.3) is 11.1 Å². The number of halogens is 1. The second kappa shape index (κ2) is 4.66. The summed E-state index contributed by atoms with van der Waals surface area (Å²) in [5.74, 6) is 0. The highest BCUT2D eigenvalue weighted by Crippen LogP contribution is 2.19. The van der Waals surface area contributed by atoms with E-state index in [0.29, 0.717) is 16.2 Å². The summed E-state index contributed by atoms with van der Waals surface area (Å²) in [4.78, 5) is 3.83. The summed E-state index contributed by atoms with van der Waals surface area (Å²) in [6.45, 7) is 0. The third kappa shape index (κ3) is 2.24. The van der Waals surface area contributed by atoms with Crippen LogP contribution in [0.2, 0.25) is 5.15 Å². The Morgan fingerprint density at radius 2 is 1.81 bits per heavy atom. The number of aromatic nitrogens is 1. The van der Waals surface area contributed by atoms with Gasteiger partial charge in [-0.15, -0.1) is 0 Å². The lowest BCUT2D eigenvalue weighted by Gasteiger charge is -2.08. The Morgan fingerprint density at radius 1 is 1.12 bits per heavy atom. The fourth-order valence-corrected chi connectivity index (χ4v) is 1.67. The third-order valence-corrected chi connectivity index (χ3v) is 2.47. The lowest BCUT2D eigenvalue weighted by Crippen LogP contribution is -2.32. The Kier molecular flexibility index (Phi) is 3.24. The predicted octanol–water partition coefficient (Wildman–Crippen LogP) is 1.08. The molecule has 0 saturated heterocycles. The van der Waals surface area contributed by atoms with Crippen LogP contribution in [0.4, 0.5) is 0 Å². The van der Waals surface area contributed by atoms with Gasteiger partial charge in [0.1, 0.15) is 5.15 Å². The van der Waals surface area contributed by atoms with E-state index in [0.717, 1.165) is 5.56 Å². The van der Waals surface area contributed by atoms with Gasteiger partial charge in [-0.3, -0.25) is 0 Å². The van der Waals surface area contributed by atoms with Gasteiger partial charge in [0.2, 0.25) is 0 Å². The van der Waals surface area contributed by atoms with E-state index < -0.39 is 7.12 Å². The monoisotopic (exact) mass is 233 g/mol. The molecule has 2 N–H and O–H groups in total. The molecule has 1 heterocycles. The van der Waals surface area contributed by atoms with E-state index in [4.69, 9.17) is 11.6 Å². The molecule has 0 aliphatic heterocycles. The zero-order valence-electron chi connectivity index (χ0n) is 8.34. The summed E-state index contributed by atoms with van der Waals surface area (Å²) in [5.41, 5.74) is 1.89. The number of pyridine rings is 1.